The Morgan fingerprint density at radius 2 is 2.05 bits per heavy atom. The quantitative estimate of drug-likeness (QED) is 0.651. The van der Waals surface area contributed by atoms with E-state index in [-0.39, 0.29) is 5.92 Å². The minimum atomic E-state index is -0.686. The van der Waals surface area contributed by atoms with Gasteiger partial charge in [-0.15, -0.1) is 0 Å². The topological polar surface area (TPSA) is 52.6 Å². The maximum absolute atomic E-state index is 11.7. The summed E-state index contributed by atoms with van der Waals surface area (Å²) in [4.78, 5) is 14.2. The molecule has 2 unspecified atom stereocenters. The summed E-state index contributed by atoms with van der Waals surface area (Å²) in [6.07, 6.45) is 6.27. The number of nitrogens with one attached hydrogen (secondary N) is 1. The minimum absolute atomic E-state index is 0.260. The summed E-state index contributed by atoms with van der Waals surface area (Å²) in [5.74, 6) is 0.355. The first kappa shape index (κ1) is 18.4. The molecule has 0 aliphatic heterocycles. The SMILES string of the molecule is CCC(CC)CN(CC)CCC1CCCC1(NC)C(=O)O. The van der Waals surface area contributed by atoms with Crippen molar-refractivity contribution in [1.29, 1.82) is 0 Å². The van der Waals surface area contributed by atoms with Gasteiger partial charge in [0.25, 0.3) is 0 Å². The Morgan fingerprint density at radius 3 is 2.52 bits per heavy atom. The Hall–Kier alpha value is -0.610. The summed E-state index contributed by atoms with van der Waals surface area (Å²) in [6, 6.07) is 0. The number of hydrogen-bond donors (Lipinski definition) is 2. The van der Waals surface area contributed by atoms with Crippen molar-refractivity contribution in [3.05, 3.63) is 0 Å². The van der Waals surface area contributed by atoms with Gasteiger partial charge in [-0.25, -0.2) is 0 Å². The van der Waals surface area contributed by atoms with E-state index < -0.39 is 11.5 Å². The molecule has 0 amide bonds. The summed E-state index contributed by atoms with van der Waals surface area (Å²) in [5, 5.41) is 12.7. The molecular formula is C17H34N2O2. The smallest absolute Gasteiger partial charge is 0.324 e. The minimum Gasteiger partial charge on any atom is -0.480 e. The van der Waals surface area contributed by atoms with Crippen LogP contribution in [0.4, 0.5) is 0 Å². The van der Waals surface area contributed by atoms with Crippen LogP contribution in [-0.4, -0.2) is 48.2 Å². The van der Waals surface area contributed by atoms with Gasteiger partial charge in [0.15, 0.2) is 0 Å². The number of likely N-dealkylation sites (N-methyl/N-ethyl adjacent to an activating group) is 1. The maximum Gasteiger partial charge on any atom is 0.324 e. The highest BCUT2D eigenvalue weighted by Crippen LogP contribution is 2.38. The first-order valence-corrected chi connectivity index (χ1v) is 8.68. The molecule has 0 bridgehead atoms. The number of nitrogens with zero attached hydrogens (tertiary/aromatic N) is 1. The van der Waals surface area contributed by atoms with Crippen molar-refractivity contribution in [2.45, 2.75) is 64.8 Å². The van der Waals surface area contributed by atoms with Crippen LogP contribution in [0.25, 0.3) is 0 Å². The Kier molecular flexibility index (Phi) is 7.67. The van der Waals surface area contributed by atoms with E-state index in [1.165, 1.54) is 12.8 Å². The third-order valence-electron chi connectivity index (χ3n) is 5.56. The maximum atomic E-state index is 11.7. The van der Waals surface area contributed by atoms with Crippen molar-refractivity contribution in [3.8, 4) is 0 Å². The normalized spacial score (nSPS) is 25.9. The van der Waals surface area contributed by atoms with Crippen LogP contribution in [0, 0.1) is 11.8 Å². The molecule has 21 heavy (non-hydrogen) atoms. The number of rotatable bonds is 10. The fourth-order valence-corrected chi connectivity index (χ4v) is 3.82. The van der Waals surface area contributed by atoms with E-state index in [4.69, 9.17) is 0 Å². The highest BCUT2D eigenvalue weighted by Gasteiger charge is 2.47. The fraction of sp³-hybridized carbons (Fsp3) is 0.941. The third-order valence-corrected chi connectivity index (χ3v) is 5.56. The predicted octanol–water partition coefficient (Wildman–Crippen LogP) is 2.98. The fourth-order valence-electron chi connectivity index (χ4n) is 3.82. The monoisotopic (exact) mass is 298 g/mol. The molecule has 0 spiro atoms. The molecule has 4 heteroatoms. The molecule has 0 aromatic carbocycles. The molecule has 1 aliphatic carbocycles. The van der Waals surface area contributed by atoms with E-state index in [9.17, 15) is 9.90 Å². The molecule has 124 valence electrons. The first-order valence-electron chi connectivity index (χ1n) is 8.68. The second-order valence-electron chi connectivity index (χ2n) is 6.48. The number of hydrogen-bond acceptors (Lipinski definition) is 3. The van der Waals surface area contributed by atoms with E-state index >= 15 is 0 Å². The summed E-state index contributed by atoms with van der Waals surface area (Å²) in [6.45, 7) is 9.96. The van der Waals surface area contributed by atoms with Crippen LogP contribution in [-0.2, 0) is 4.79 Å². The molecule has 0 saturated heterocycles. The zero-order valence-corrected chi connectivity index (χ0v) is 14.3. The van der Waals surface area contributed by atoms with E-state index in [0.717, 1.165) is 51.2 Å². The van der Waals surface area contributed by atoms with Gasteiger partial charge in [0.1, 0.15) is 5.54 Å². The molecular weight excluding hydrogens is 264 g/mol. The lowest BCUT2D eigenvalue weighted by Gasteiger charge is -2.33. The van der Waals surface area contributed by atoms with E-state index in [2.05, 4.69) is 31.0 Å². The molecule has 0 aromatic rings. The van der Waals surface area contributed by atoms with E-state index in [0.29, 0.717) is 0 Å². The molecule has 0 radical (unpaired) electrons. The van der Waals surface area contributed by atoms with Gasteiger partial charge in [0.05, 0.1) is 0 Å². The Labute approximate surface area is 130 Å². The highest BCUT2D eigenvalue weighted by atomic mass is 16.4. The zero-order valence-electron chi connectivity index (χ0n) is 14.3. The zero-order chi connectivity index (χ0) is 15.9. The Balaban J connectivity index is 2.57. The lowest BCUT2D eigenvalue weighted by Crippen LogP contribution is -2.53. The van der Waals surface area contributed by atoms with Crippen molar-refractivity contribution in [1.82, 2.24) is 10.2 Å². The second-order valence-corrected chi connectivity index (χ2v) is 6.48. The molecule has 4 nitrogen and oxygen atoms in total. The third kappa shape index (κ3) is 4.43. The lowest BCUT2D eigenvalue weighted by molar-refractivity contribution is -0.146. The predicted molar refractivity (Wildman–Crippen MR) is 87.6 cm³/mol. The summed E-state index contributed by atoms with van der Waals surface area (Å²) in [7, 11) is 1.80. The van der Waals surface area contributed by atoms with Gasteiger partial charge in [-0.05, 0) is 51.2 Å². The van der Waals surface area contributed by atoms with Gasteiger partial charge >= 0.3 is 5.97 Å². The van der Waals surface area contributed by atoms with Crippen LogP contribution in [0.2, 0.25) is 0 Å². The van der Waals surface area contributed by atoms with Gasteiger partial charge in [0, 0.05) is 6.54 Å². The number of carboxylic acids is 1. The van der Waals surface area contributed by atoms with E-state index in [1.807, 2.05) is 0 Å². The summed E-state index contributed by atoms with van der Waals surface area (Å²) in [5.41, 5.74) is -0.686. The largest absolute Gasteiger partial charge is 0.480 e. The van der Waals surface area contributed by atoms with Crippen molar-refractivity contribution in [2.75, 3.05) is 26.7 Å². The average Bonchev–Trinajstić information content (AvgIpc) is 2.92. The molecule has 2 atom stereocenters. The van der Waals surface area contributed by atoms with Crippen LogP contribution < -0.4 is 5.32 Å². The first-order chi connectivity index (χ1) is 10.0. The van der Waals surface area contributed by atoms with Gasteiger partial charge in [-0.2, -0.15) is 0 Å². The summed E-state index contributed by atoms with van der Waals surface area (Å²) < 4.78 is 0. The van der Waals surface area contributed by atoms with E-state index in [1.54, 1.807) is 7.05 Å². The lowest BCUT2D eigenvalue weighted by atomic mass is 9.84. The van der Waals surface area contributed by atoms with Crippen molar-refractivity contribution in [3.63, 3.8) is 0 Å². The average molecular weight is 298 g/mol. The standard InChI is InChI=1S/C17H34N2O2/c1-5-14(6-2)13-19(7-3)12-10-15-9-8-11-17(15,18-4)16(20)21/h14-15,18H,5-13H2,1-4H3,(H,20,21). The van der Waals surface area contributed by atoms with Crippen LogP contribution >= 0.6 is 0 Å². The molecule has 1 saturated carbocycles. The van der Waals surface area contributed by atoms with Crippen molar-refractivity contribution >= 4 is 5.97 Å². The van der Waals surface area contributed by atoms with Crippen molar-refractivity contribution in [2.24, 2.45) is 11.8 Å². The van der Waals surface area contributed by atoms with Gasteiger partial charge < -0.3 is 15.3 Å². The molecule has 2 N–H and O–H groups in total. The molecule has 0 heterocycles. The van der Waals surface area contributed by atoms with Crippen LogP contribution in [0.5, 0.6) is 0 Å². The Morgan fingerprint density at radius 1 is 1.38 bits per heavy atom. The summed E-state index contributed by atoms with van der Waals surface area (Å²) >= 11 is 0. The number of carbonyl (C=O) groups is 1. The molecule has 1 aliphatic rings. The molecule has 1 rings (SSSR count). The van der Waals surface area contributed by atoms with Crippen LogP contribution in [0.15, 0.2) is 0 Å². The second kappa shape index (κ2) is 8.74. The molecule has 1 fully saturated rings. The van der Waals surface area contributed by atoms with Crippen molar-refractivity contribution < 1.29 is 9.90 Å². The molecule has 0 aromatic heterocycles. The highest BCUT2D eigenvalue weighted by molar-refractivity contribution is 5.79. The number of carboxylic acid groups (broad SMARTS) is 1. The number of aliphatic carboxylic acids is 1. The van der Waals surface area contributed by atoms with Crippen LogP contribution in [0.3, 0.4) is 0 Å². The van der Waals surface area contributed by atoms with Gasteiger partial charge in [0.2, 0.25) is 0 Å². The van der Waals surface area contributed by atoms with Gasteiger partial charge in [-0.1, -0.05) is 40.0 Å². The van der Waals surface area contributed by atoms with Gasteiger partial charge in [-0.3, -0.25) is 4.79 Å². The van der Waals surface area contributed by atoms with Crippen LogP contribution in [0.1, 0.15) is 59.3 Å². The Bertz CT molecular complexity index is 318.